The summed E-state index contributed by atoms with van der Waals surface area (Å²) < 4.78 is 10.7. The van der Waals surface area contributed by atoms with Gasteiger partial charge >= 0.3 is 5.97 Å². The molecule has 7 heteroatoms. The Hall–Kier alpha value is -3.35. The molecule has 1 heterocycles. The summed E-state index contributed by atoms with van der Waals surface area (Å²) in [5.74, 6) is -0.182. The van der Waals surface area contributed by atoms with Crippen molar-refractivity contribution in [3.63, 3.8) is 0 Å². The highest BCUT2D eigenvalue weighted by molar-refractivity contribution is 6.03. The van der Waals surface area contributed by atoms with Gasteiger partial charge in [-0.1, -0.05) is 36.4 Å². The fraction of sp³-hybridized carbons (Fsp3) is 0.286. The maximum absolute atomic E-state index is 12.7. The molecule has 1 amide bonds. The molecule has 0 radical (unpaired) electrons. The van der Waals surface area contributed by atoms with Gasteiger partial charge < -0.3 is 14.6 Å². The van der Waals surface area contributed by atoms with Gasteiger partial charge in [-0.3, -0.25) is 9.59 Å². The van der Waals surface area contributed by atoms with Gasteiger partial charge in [0, 0.05) is 12.8 Å². The van der Waals surface area contributed by atoms with Crippen LogP contribution < -0.4 is 9.47 Å². The Bertz CT molecular complexity index is 895. The highest BCUT2D eigenvalue weighted by atomic mass is 16.5. The summed E-state index contributed by atoms with van der Waals surface area (Å²) in [7, 11) is 3.11. The summed E-state index contributed by atoms with van der Waals surface area (Å²) in [6.07, 6.45) is 0.188. The van der Waals surface area contributed by atoms with Crippen molar-refractivity contribution >= 4 is 17.6 Å². The molecule has 1 aliphatic rings. The van der Waals surface area contributed by atoms with E-state index in [2.05, 4.69) is 5.10 Å². The standard InChI is InChI=1S/C21H22N2O5/c1-27-18-9-8-15(12-19(18)28-2)17-13-16(14-6-4-3-5-7-14)22-23(17)20(24)10-11-21(25)26/h3-9,12,17H,10-11,13H2,1-2H3,(H,25,26). The van der Waals surface area contributed by atoms with Crippen LogP contribution in [0.15, 0.2) is 53.6 Å². The first-order valence-corrected chi connectivity index (χ1v) is 8.92. The van der Waals surface area contributed by atoms with Gasteiger partial charge in [-0.25, -0.2) is 5.01 Å². The monoisotopic (exact) mass is 382 g/mol. The molecule has 146 valence electrons. The Kier molecular flexibility index (Phi) is 5.93. The number of ether oxygens (including phenoxy) is 2. The first-order chi connectivity index (χ1) is 13.5. The predicted octanol–water partition coefficient (Wildman–Crippen LogP) is 3.25. The quantitative estimate of drug-likeness (QED) is 0.794. The lowest BCUT2D eigenvalue weighted by molar-refractivity contribution is -0.141. The van der Waals surface area contributed by atoms with Gasteiger partial charge in [0.05, 0.1) is 32.4 Å². The zero-order chi connectivity index (χ0) is 20.1. The number of benzene rings is 2. The van der Waals surface area contributed by atoms with Crippen LogP contribution in [-0.2, 0) is 9.59 Å². The molecule has 2 aromatic carbocycles. The molecule has 3 rings (SSSR count). The van der Waals surface area contributed by atoms with Crippen molar-refractivity contribution in [2.75, 3.05) is 14.2 Å². The van der Waals surface area contributed by atoms with E-state index in [4.69, 9.17) is 14.6 Å². The number of methoxy groups -OCH3 is 2. The van der Waals surface area contributed by atoms with Crippen molar-refractivity contribution in [2.24, 2.45) is 5.10 Å². The molecule has 1 atom stereocenters. The van der Waals surface area contributed by atoms with Crippen LogP contribution in [0.4, 0.5) is 0 Å². The van der Waals surface area contributed by atoms with Gasteiger partial charge in [0.1, 0.15) is 0 Å². The van der Waals surface area contributed by atoms with E-state index in [-0.39, 0.29) is 24.8 Å². The average molecular weight is 382 g/mol. The minimum absolute atomic E-state index is 0.106. The number of carbonyl (C=O) groups is 2. The zero-order valence-corrected chi connectivity index (χ0v) is 15.8. The number of rotatable bonds is 7. The molecule has 0 saturated heterocycles. The average Bonchev–Trinajstić information content (AvgIpc) is 3.17. The molecule has 2 aromatic rings. The first-order valence-electron chi connectivity index (χ1n) is 8.92. The zero-order valence-electron chi connectivity index (χ0n) is 15.8. The third-order valence-corrected chi connectivity index (χ3v) is 4.62. The number of carbonyl (C=O) groups excluding carboxylic acids is 1. The third-order valence-electron chi connectivity index (χ3n) is 4.62. The van der Waals surface area contributed by atoms with Crippen LogP contribution in [0.3, 0.4) is 0 Å². The molecule has 7 nitrogen and oxygen atoms in total. The predicted molar refractivity (Wildman–Crippen MR) is 104 cm³/mol. The Balaban J connectivity index is 1.94. The Morgan fingerprint density at radius 2 is 1.79 bits per heavy atom. The highest BCUT2D eigenvalue weighted by Gasteiger charge is 2.33. The fourth-order valence-corrected chi connectivity index (χ4v) is 3.19. The second-order valence-corrected chi connectivity index (χ2v) is 6.38. The second-order valence-electron chi connectivity index (χ2n) is 6.38. The van der Waals surface area contributed by atoms with Crippen LogP contribution in [0, 0.1) is 0 Å². The SMILES string of the molecule is COc1ccc(C2CC(c3ccccc3)=NN2C(=O)CCC(=O)O)cc1OC. The lowest BCUT2D eigenvalue weighted by Gasteiger charge is -2.22. The second kappa shape index (κ2) is 8.56. The smallest absolute Gasteiger partial charge is 0.303 e. The normalized spacial score (nSPS) is 15.9. The van der Waals surface area contributed by atoms with Gasteiger partial charge in [-0.2, -0.15) is 5.10 Å². The molecule has 0 fully saturated rings. The minimum atomic E-state index is -1.01. The number of hydrogen-bond donors (Lipinski definition) is 1. The molecule has 0 aromatic heterocycles. The van der Waals surface area contributed by atoms with Crippen LogP contribution in [0.5, 0.6) is 11.5 Å². The molecule has 1 aliphatic heterocycles. The molecule has 0 spiro atoms. The van der Waals surface area contributed by atoms with E-state index in [0.29, 0.717) is 17.9 Å². The van der Waals surface area contributed by atoms with E-state index in [0.717, 1.165) is 16.8 Å². The maximum atomic E-state index is 12.7. The number of amides is 1. The van der Waals surface area contributed by atoms with E-state index < -0.39 is 5.97 Å². The number of carboxylic acids is 1. The van der Waals surface area contributed by atoms with Gasteiger partial charge in [-0.15, -0.1) is 0 Å². The van der Waals surface area contributed by atoms with Crippen molar-refractivity contribution < 1.29 is 24.2 Å². The molecular weight excluding hydrogens is 360 g/mol. The topological polar surface area (TPSA) is 88.4 Å². The molecule has 0 aliphatic carbocycles. The number of hydrazone groups is 1. The lowest BCUT2D eigenvalue weighted by atomic mass is 9.98. The summed E-state index contributed by atoms with van der Waals surface area (Å²) in [5.41, 5.74) is 2.56. The van der Waals surface area contributed by atoms with Crippen LogP contribution in [0.25, 0.3) is 0 Å². The van der Waals surface area contributed by atoms with Crippen molar-refractivity contribution in [1.82, 2.24) is 5.01 Å². The van der Waals surface area contributed by atoms with Crippen molar-refractivity contribution in [2.45, 2.75) is 25.3 Å². The summed E-state index contributed by atoms with van der Waals surface area (Å²) in [6, 6.07) is 14.8. The van der Waals surface area contributed by atoms with E-state index in [9.17, 15) is 9.59 Å². The van der Waals surface area contributed by atoms with Gasteiger partial charge in [0.15, 0.2) is 11.5 Å². The minimum Gasteiger partial charge on any atom is -0.493 e. The van der Waals surface area contributed by atoms with Gasteiger partial charge in [0.2, 0.25) is 5.91 Å². The van der Waals surface area contributed by atoms with E-state index >= 15 is 0 Å². The lowest BCUT2D eigenvalue weighted by Crippen LogP contribution is -2.27. The number of nitrogens with zero attached hydrogens (tertiary/aromatic N) is 2. The molecule has 0 bridgehead atoms. The largest absolute Gasteiger partial charge is 0.493 e. The summed E-state index contributed by atoms with van der Waals surface area (Å²) >= 11 is 0. The first kappa shape index (κ1) is 19.4. The molecule has 0 saturated carbocycles. The van der Waals surface area contributed by atoms with Crippen molar-refractivity contribution in [1.29, 1.82) is 0 Å². The Labute approximate surface area is 163 Å². The van der Waals surface area contributed by atoms with Gasteiger partial charge in [0.25, 0.3) is 0 Å². The molecular formula is C21H22N2O5. The Morgan fingerprint density at radius 1 is 1.07 bits per heavy atom. The number of hydrogen-bond acceptors (Lipinski definition) is 5. The molecule has 1 unspecified atom stereocenters. The maximum Gasteiger partial charge on any atom is 0.303 e. The van der Waals surface area contributed by atoms with Crippen LogP contribution in [0.1, 0.15) is 36.4 Å². The number of carboxylic acid groups (broad SMARTS) is 1. The fourth-order valence-electron chi connectivity index (χ4n) is 3.19. The molecule has 1 N–H and O–H groups in total. The molecule has 28 heavy (non-hydrogen) atoms. The van der Waals surface area contributed by atoms with Crippen molar-refractivity contribution in [3.8, 4) is 11.5 Å². The summed E-state index contributed by atoms with van der Waals surface area (Å²) in [5, 5.41) is 14.8. The van der Waals surface area contributed by atoms with Crippen molar-refractivity contribution in [3.05, 3.63) is 59.7 Å². The Morgan fingerprint density at radius 3 is 2.43 bits per heavy atom. The highest BCUT2D eigenvalue weighted by Crippen LogP contribution is 2.37. The third kappa shape index (κ3) is 4.14. The summed E-state index contributed by atoms with van der Waals surface area (Å²) in [4.78, 5) is 23.6. The van der Waals surface area contributed by atoms with E-state index in [1.807, 2.05) is 42.5 Å². The van der Waals surface area contributed by atoms with Gasteiger partial charge in [-0.05, 0) is 23.3 Å². The number of aliphatic carboxylic acids is 1. The van der Waals surface area contributed by atoms with Crippen LogP contribution in [-0.4, -0.2) is 41.9 Å². The van der Waals surface area contributed by atoms with Crippen LogP contribution >= 0.6 is 0 Å². The summed E-state index contributed by atoms with van der Waals surface area (Å²) in [6.45, 7) is 0. The van der Waals surface area contributed by atoms with E-state index in [1.54, 1.807) is 20.3 Å². The van der Waals surface area contributed by atoms with E-state index in [1.165, 1.54) is 5.01 Å². The van der Waals surface area contributed by atoms with Crippen LogP contribution in [0.2, 0.25) is 0 Å².